The number of carbonyl (C=O) groups excluding carboxylic acids is 2. The molecule has 8 nitrogen and oxygen atoms in total. The lowest BCUT2D eigenvalue weighted by atomic mass is 9.86. The second-order valence-electron chi connectivity index (χ2n) is 8.97. The summed E-state index contributed by atoms with van der Waals surface area (Å²) >= 11 is 0. The summed E-state index contributed by atoms with van der Waals surface area (Å²) in [5, 5.41) is 2.86. The molecule has 2 aromatic rings. The van der Waals surface area contributed by atoms with Gasteiger partial charge in [0.05, 0.1) is 17.4 Å². The summed E-state index contributed by atoms with van der Waals surface area (Å²) < 4.78 is 33.6. The van der Waals surface area contributed by atoms with E-state index in [9.17, 15) is 18.0 Å². The van der Waals surface area contributed by atoms with E-state index in [4.69, 9.17) is 4.74 Å². The van der Waals surface area contributed by atoms with E-state index in [2.05, 4.69) is 5.32 Å². The van der Waals surface area contributed by atoms with Crippen LogP contribution in [0.1, 0.15) is 37.8 Å². The molecule has 1 unspecified atom stereocenters. The van der Waals surface area contributed by atoms with Crippen molar-refractivity contribution in [2.45, 2.75) is 49.6 Å². The molecule has 0 spiro atoms. The Labute approximate surface area is 194 Å². The number of benzene rings is 2. The van der Waals surface area contributed by atoms with Gasteiger partial charge in [-0.3, -0.25) is 9.59 Å². The van der Waals surface area contributed by atoms with E-state index in [0.29, 0.717) is 29.8 Å². The Hall–Kier alpha value is -2.91. The number of carbonyl (C=O) groups is 2. The third kappa shape index (κ3) is 3.89. The minimum atomic E-state index is -3.92. The van der Waals surface area contributed by atoms with Gasteiger partial charge >= 0.3 is 0 Å². The van der Waals surface area contributed by atoms with E-state index in [1.807, 2.05) is 24.3 Å². The Balaban J connectivity index is 1.56. The number of fused-ring (bicyclic) bond motifs is 1. The smallest absolute Gasteiger partial charge is 0.243 e. The predicted octanol–water partition coefficient (Wildman–Crippen LogP) is 2.42. The highest BCUT2D eigenvalue weighted by Crippen LogP contribution is 2.42. The summed E-state index contributed by atoms with van der Waals surface area (Å²) in [4.78, 5) is 27.2. The van der Waals surface area contributed by atoms with Gasteiger partial charge in [-0.1, -0.05) is 18.2 Å². The van der Waals surface area contributed by atoms with Gasteiger partial charge in [-0.2, -0.15) is 4.31 Å². The van der Waals surface area contributed by atoms with Crippen molar-refractivity contribution in [1.29, 1.82) is 0 Å². The highest BCUT2D eigenvalue weighted by molar-refractivity contribution is 7.89. The maximum Gasteiger partial charge on any atom is 0.243 e. The Morgan fingerprint density at radius 1 is 1.21 bits per heavy atom. The van der Waals surface area contributed by atoms with Crippen molar-refractivity contribution in [2.24, 2.45) is 0 Å². The number of sulfonamides is 1. The average Bonchev–Trinajstić information content (AvgIpc) is 3.37. The maximum absolute atomic E-state index is 13.5. The first-order chi connectivity index (χ1) is 15.6. The van der Waals surface area contributed by atoms with Crippen molar-refractivity contribution in [1.82, 2.24) is 9.62 Å². The van der Waals surface area contributed by atoms with Gasteiger partial charge in [-0.25, -0.2) is 8.42 Å². The highest BCUT2D eigenvalue weighted by atomic mass is 32.2. The summed E-state index contributed by atoms with van der Waals surface area (Å²) in [5.41, 5.74) is 1.38. The second kappa shape index (κ2) is 8.46. The van der Waals surface area contributed by atoms with E-state index >= 15 is 0 Å². The molecule has 9 heteroatoms. The Morgan fingerprint density at radius 2 is 1.94 bits per heavy atom. The van der Waals surface area contributed by atoms with Crippen LogP contribution in [0.3, 0.4) is 0 Å². The molecule has 2 aliphatic rings. The third-order valence-electron chi connectivity index (χ3n) is 6.60. The summed E-state index contributed by atoms with van der Waals surface area (Å²) in [7, 11) is -0.666. The minimum absolute atomic E-state index is 0.0817. The average molecular weight is 472 g/mol. The van der Waals surface area contributed by atoms with Gasteiger partial charge < -0.3 is 15.0 Å². The molecule has 0 aliphatic carbocycles. The fourth-order valence-electron chi connectivity index (χ4n) is 4.69. The predicted molar refractivity (Wildman–Crippen MR) is 125 cm³/mol. The number of anilines is 1. The molecule has 1 saturated heterocycles. The van der Waals surface area contributed by atoms with Crippen LogP contribution in [0.5, 0.6) is 5.75 Å². The molecule has 33 heavy (non-hydrogen) atoms. The summed E-state index contributed by atoms with van der Waals surface area (Å²) in [6.07, 6.45) is 1.05. The number of hydrogen-bond donors (Lipinski definition) is 1. The van der Waals surface area contributed by atoms with Crippen LogP contribution >= 0.6 is 0 Å². The number of likely N-dealkylation sites (N-methyl/N-ethyl adjacent to an activating group) is 1. The highest BCUT2D eigenvalue weighted by Gasteiger charge is 2.44. The van der Waals surface area contributed by atoms with Gasteiger partial charge in [0.25, 0.3) is 0 Å². The van der Waals surface area contributed by atoms with Gasteiger partial charge in [0.2, 0.25) is 21.8 Å². The molecule has 0 bridgehead atoms. The van der Waals surface area contributed by atoms with Crippen LogP contribution in [0.2, 0.25) is 0 Å². The number of amides is 2. The Bertz CT molecular complexity index is 1210. The van der Waals surface area contributed by atoms with Crippen LogP contribution in [0, 0.1) is 0 Å². The van der Waals surface area contributed by atoms with Gasteiger partial charge in [-0.15, -0.1) is 0 Å². The molecule has 0 aromatic heterocycles. The lowest BCUT2D eigenvalue weighted by Crippen LogP contribution is -2.45. The monoisotopic (exact) mass is 471 g/mol. The molecule has 0 radical (unpaired) electrons. The van der Waals surface area contributed by atoms with Crippen LogP contribution in [0.4, 0.5) is 5.69 Å². The molecule has 0 saturated carbocycles. The Morgan fingerprint density at radius 3 is 2.67 bits per heavy atom. The van der Waals surface area contributed by atoms with Crippen LogP contribution < -0.4 is 15.0 Å². The number of nitrogens with one attached hydrogen (secondary N) is 1. The largest absolute Gasteiger partial charge is 0.496 e. The van der Waals surface area contributed by atoms with Gasteiger partial charge in [0.15, 0.2) is 0 Å². The summed E-state index contributed by atoms with van der Waals surface area (Å²) in [6.45, 7) is 4.10. The molecule has 4 rings (SSSR count). The molecular formula is C24H29N3O5S. The summed E-state index contributed by atoms with van der Waals surface area (Å²) in [6, 6.07) is 11.3. The molecule has 1 fully saturated rings. The third-order valence-corrected chi connectivity index (χ3v) is 8.50. The molecule has 1 atom stereocenters. The molecule has 2 aromatic carbocycles. The molecule has 2 amide bonds. The first kappa shape index (κ1) is 23.3. The molecule has 176 valence electrons. The van der Waals surface area contributed by atoms with E-state index < -0.39 is 21.5 Å². The number of hydrogen-bond acceptors (Lipinski definition) is 5. The summed E-state index contributed by atoms with van der Waals surface area (Å²) in [5.74, 6) is 0.245. The van der Waals surface area contributed by atoms with E-state index in [1.54, 1.807) is 45.0 Å². The number of rotatable bonds is 6. The van der Waals surface area contributed by atoms with Crippen LogP contribution in [-0.2, 0) is 31.6 Å². The zero-order valence-electron chi connectivity index (χ0n) is 19.3. The van der Waals surface area contributed by atoms with Crippen molar-refractivity contribution in [2.75, 3.05) is 25.6 Å². The van der Waals surface area contributed by atoms with Crippen molar-refractivity contribution < 1.29 is 22.7 Å². The van der Waals surface area contributed by atoms with Crippen LogP contribution in [0.15, 0.2) is 47.4 Å². The molecular weight excluding hydrogens is 442 g/mol. The topological polar surface area (TPSA) is 96.0 Å². The van der Waals surface area contributed by atoms with E-state index in [0.717, 1.165) is 5.56 Å². The standard InChI is InChI=1S/C24H29N3O5S/c1-24(2)18-14-17(11-12-19(18)26(3)23(24)29)33(30,31)27-13-7-9-20(27)22(28)25-15-16-8-5-6-10-21(16)32-4/h5-6,8,10-12,14,20H,7,9,13,15H2,1-4H3,(H,25,28). The number of methoxy groups -OCH3 is 1. The van der Waals surface area contributed by atoms with Crippen LogP contribution in [0.25, 0.3) is 0 Å². The van der Waals surface area contributed by atoms with Gasteiger partial charge in [0.1, 0.15) is 11.8 Å². The number of nitrogens with zero attached hydrogens (tertiary/aromatic N) is 2. The SMILES string of the molecule is COc1ccccc1CNC(=O)C1CCCN1S(=O)(=O)c1ccc2c(c1)C(C)(C)C(=O)N2C. The zero-order valence-corrected chi connectivity index (χ0v) is 20.1. The zero-order chi connectivity index (χ0) is 24.0. The van der Waals surface area contributed by atoms with Gasteiger partial charge in [-0.05, 0) is 56.5 Å². The van der Waals surface area contributed by atoms with Crippen molar-refractivity contribution in [3.63, 3.8) is 0 Å². The van der Waals surface area contributed by atoms with Crippen molar-refractivity contribution >= 4 is 27.5 Å². The fourth-order valence-corrected chi connectivity index (χ4v) is 6.37. The molecule has 2 heterocycles. The lowest BCUT2D eigenvalue weighted by molar-refractivity contribution is -0.124. The quantitative estimate of drug-likeness (QED) is 0.698. The fraction of sp³-hybridized carbons (Fsp3) is 0.417. The first-order valence-electron chi connectivity index (χ1n) is 10.9. The number of ether oxygens (including phenoxy) is 1. The first-order valence-corrected chi connectivity index (χ1v) is 12.4. The van der Waals surface area contributed by atoms with E-state index in [1.165, 1.54) is 10.4 Å². The number of para-hydroxylation sites is 1. The minimum Gasteiger partial charge on any atom is -0.496 e. The lowest BCUT2D eigenvalue weighted by Gasteiger charge is -2.24. The van der Waals surface area contributed by atoms with Crippen LogP contribution in [-0.4, -0.2) is 51.3 Å². The van der Waals surface area contributed by atoms with E-state index in [-0.39, 0.29) is 29.8 Å². The maximum atomic E-state index is 13.5. The van der Waals surface area contributed by atoms with Gasteiger partial charge in [0, 0.05) is 31.4 Å². The van der Waals surface area contributed by atoms with Crippen molar-refractivity contribution in [3.8, 4) is 5.75 Å². The normalized spacial score (nSPS) is 20.1. The van der Waals surface area contributed by atoms with Crippen molar-refractivity contribution in [3.05, 3.63) is 53.6 Å². The molecule has 2 aliphatic heterocycles. The Kier molecular flexibility index (Phi) is 5.96. The molecule has 1 N–H and O–H groups in total. The second-order valence-corrected chi connectivity index (χ2v) is 10.9.